The molecule has 0 saturated heterocycles. The molecule has 2 aromatic heterocycles. The molecular weight excluding hydrogens is 450 g/mol. The average Bonchev–Trinajstić information content (AvgIpc) is 3.33. The van der Waals surface area contributed by atoms with Gasteiger partial charge < -0.3 is 10.1 Å². The van der Waals surface area contributed by atoms with E-state index in [-0.39, 0.29) is 16.7 Å². The molecule has 0 fully saturated rings. The van der Waals surface area contributed by atoms with Crippen LogP contribution in [-0.2, 0) is 16.6 Å². The van der Waals surface area contributed by atoms with Gasteiger partial charge in [-0.05, 0) is 41.1 Å². The Bertz CT molecular complexity index is 1570. The van der Waals surface area contributed by atoms with Crippen LogP contribution in [0.3, 0.4) is 0 Å². The fraction of sp³-hybridized carbons (Fsp3) is 0.0800. The number of nitrogens with zero attached hydrogens (tertiary/aromatic N) is 4. The highest BCUT2D eigenvalue weighted by atomic mass is 32.2. The number of hydrogen-bond acceptors (Lipinski definition) is 7. The van der Waals surface area contributed by atoms with E-state index in [0.29, 0.717) is 17.9 Å². The number of anilines is 1. The molecule has 0 saturated carbocycles. The van der Waals surface area contributed by atoms with Gasteiger partial charge in [0.05, 0.1) is 12.0 Å². The molecule has 1 N–H and O–H groups in total. The number of nitrogens with one attached hydrogen (secondary N) is 1. The molecule has 5 aromatic rings. The molecular formula is C25H21N5O3S. The molecule has 0 atom stereocenters. The summed E-state index contributed by atoms with van der Waals surface area (Å²) in [6.45, 7) is 0.294. The summed E-state index contributed by atoms with van der Waals surface area (Å²) in [6.07, 6.45) is 3.22. The van der Waals surface area contributed by atoms with E-state index in [1.54, 1.807) is 49.8 Å². The van der Waals surface area contributed by atoms with E-state index in [0.717, 1.165) is 20.4 Å². The topological polar surface area (TPSA) is 99.0 Å². The Morgan fingerprint density at radius 1 is 0.941 bits per heavy atom. The van der Waals surface area contributed by atoms with E-state index in [9.17, 15) is 8.42 Å². The average molecular weight is 472 g/mol. The molecule has 0 amide bonds. The number of rotatable bonds is 7. The van der Waals surface area contributed by atoms with E-state index in [1.807, 2.05) is 48.5 Å². The SMILES string of the molecule is COc1ccccc1CNc1nc(-c2cccnc2)nn1S(=O)(=O)c1ccc2ccccc2c1. The molecule has 2 heterocycles. The van der Waals surface area contributed by atoms with Gasteiger partial charge in [-0.15, -0.1) is 9.19 Å². The number of hydrogen-bond donors (Lipinski definition) is 1. The second-order valence-corrected chi connectivity index (χ2v) is 9.29. The van der Waals surface area contributed by atoms with Crippen molar-refractivity contribution in [1.82, 2.24) is 19.2 Å². The molecule has 0 spiro atoms. The Balaban J connectivity index is 1.58. The van der Waals surface area contributed by atoms with Crippen molar-refractivity contribution in [3.05, 3.63) is 96.8 Å². The molecule has 8 nitrogen and oxygen atoms in total. The molecule has 9 heteroatoms. The van der Waals surface area contributed by atoms with Gasteiger partial charge in [0.15, 0.2) is 5.82 Å². The zero-order valence-electron chi connectivity index (χ0n) is 18.3. The summed E-state index contributed by atoms with van der Waals surface area (Å²) in [5.41, 5.74) is 1.46. The molecule has 34 heavy (non-hydrogen) atoms. The summed E-state index contributed by atoms with van der Waals surface area (Å²) >= 11 is 0. The molecule has 0 bridgehead atoms. The fourth-order valence-corrected chi connectivity index (χ4v) is 4.88. The van der Waals surface area contributed by atoms with Crippen LogP contribution < -0.4 is 10.1 Å². The van der Waals surface area contributed by atoms with Crippen molar-refractivity contribution in [2.24, 2.45) is 0 Å². The van der Waals surface area contributed by atoms with E-state index in [1.165, 1.54) is 0 Å². The first-order chi connectivity index (χ1) is 16.6. The van der Waals surface area contributed by atoms with Crippen molar-refractivity contribution in [2.45, 2.75) is 11.4 Å². The van der Waals surface area contributed by atoms with Crippen molar-refractivity contribution >= 4 is 26.7 Å². The maximum atomic E-state index is 13.7. The summed E-state index contributed by atoms with van der Waals surface area (Å²) in [7, 11) is -2.45. The van der Waals surface area contributed by atoms with Gasteiger partial charge in [0.2, 0.25) is 5.95 Å². The van der Waals surface area contributed by atoms with Gasteiger partial charge in [-0.1, -0.05) is 48.5 Å². The van der Waals surface area contributed by atoms with Crippen LogP contribution in [0.1, 0.15) is 5.56 Å². The van der Waals surface area contributed by atoms with Crippen molar-refractivity contribution in [2.75, 3.05) is 12.4 Å². The second-order valence-electron chi connectivity index (χ2n) is 7.52. The predicted octanol–water partition coefficient (Wildman–Crippen LogP) is 4.35. The van der Waals surface area contributed by atoms with Crippen LogP contribution in [0.4, 0.5) is 5.95 Å². The molecule has 170 valence electrons. The van der Waals surface area contributed by atoms with Crippen LogP contribution >= 0.6 is 0 Å². The van der Waals surface area contributed by atoms with Gasteiger partial charge in [-0.2, -0.15) is 13.4 Å². The summed E-state index contributed by atoms with van der Waals surface area (Å²) < 4.78 is 33.7. The van der Waals surface area contributed by atoms with E-state index in [4.69, 9.17) is 4.74 Å². The minimum atomic E-state index is -4.04. The maximum Gasteiger partial charge on any atom is 0.286 e. The summed E-state index contributed by atoms with van der Waals surface area (Å²) in [5.74, 6) is 1.03. The highest BCUT2D eigenvalue weighted by Crippen LogP contribution is 2.26. The zero-order valence-corrected chi connectivity index (χ0v) is 19.1. The monoisotopic (exact) mass is 471 g/mol. The second kappa shape index (κ2) is 8.95. The first-order valence-electron chi connectivity index (χ1n) is 10.5. The van der Waals surface area contributed by atoms with Crippen LogP contribution in [0.2, 0.25) is 0 Å². The lowest BCUT2D eigenvalue weighted by atomic mass is 10.1. The van der Waals surface area contributed by atoms with Gasteiger partial charge in [0.25, 0.3) is 10.0 Å². The number of ether oxygens (including phenoxy) is 1. The number of benzene rings is 3. The molecule has 0 aliphatic carbocycles. The minimum Gasteiger partial charge on any atom is -0.496 e. The highest BCUT2D eigenvalue weighted by molar-refractivity contribution is 7.90. The smallest absolute Gasteiger partial charge is 0.286 e. The zero-order chi connectivity index (χ0) is 23.5. The van der Waals surface area contributed by atoms with Crippen LogP contribution in [0.15, 0.2) is 96.2 Å². The Kier molecular flexibility index (Phi) is 5.69. The third kappa shape index (κ3) is 4.08. The molecule has 5 rings (SSSR count). The minimum absolute atomic E-state index is 0.0953. The first-order valence-corrected chi connectivity index (χ1v) is 12.0. The summed E-state index contributed by atoms with van der Waals surface area (Å²) in [6, 6.07) is 23.6. The molecule has 0 radical (unpaired) electrons. The quantitative estimate of drug-likeness (QED) is 0.377. The van der Waals surface area contributed by atoms with E-state index in [2.05, 4.69) is 20.4 Å². The fourth-order valence-electron chi connectivity index (χ4n) is 3.64. The van der Waals surface area contributed by atoms with Gasteiger partial charge in [0, 0.05) is 30.1 Å². The van der Waals surface area contributed by atoms with Crippen molar-refractivity contribution in [3.8, 4) is 17.1 Å². The Morgan fingerprint density at radius 3 is 2.53 bits per heavy atom. The van der Waals surface area contributed by atoms with E-state index >= 15 is 0 Å². The predicted molar refractivity (Wildman–Crippen MR) is 130 cm³/mol. The number of para-hydroxylation sites is 1. The lowest BCUT2D eigenvalue weighted by Gasteiger charge is -2.11. The van der Waals surface area contributed by atoms with Gasteiger partial charge >= 0.3 is 0 Å². The molecule has 0 aliphatic heterocycles. The van der Waals surface area contributed by atoms with E-state index < -0.39 is 10.0 Å². The number of pyridine rings is 1. The van der Waals surface area contributed by atoms with Crippen LogP contribution in [0.25, 0.3) is 22.2 Å². The lowest BCUT2D eigenvalue weighted by molar-refractivity contribution is 0.410. The van der Waals surface area contributed by atoms with Gasteiger partial charge in [-0.25, -0.2) is 0 Å². The first kappa shape index (κ1) is 21.6. The van der Waals surface area contributed by atoms with Crippen LogP contribution in [0, 0.1) is 0 Å². The van der Waals surface area contributed by atoms with Crippen molar-refractivity contribution < 1.29 is 13.2 Å². The third-order valence-electron chi connectivity index (χ3n) is 5.37. The lowest BCUT2D eigenvalue weighted by Crippen LogP contribution is -2.18. The number of aromatic nitrogens is 4. The summed E-state index contributed by atoms with van der Waals surface area (Å²) in [5, 5.41) is 9.23. The largest absolute Gasteiger partial charge is 0.496 e. The Hall–Kier alpha value is -4.24. The normalized spacial score (nSPS) is 11.4. The highest BCUT2D eigenvalue weighted by Gasteiger charge is 2.25. The standard InChI is InChI=1S/C25H21N5O3S/c1-33-23-11-5-4-9-20(23)17-27-25-28-24(21-10-6-14-26-16-21)29-30(25)34(31,32)22-13-12-18-7-2-3-8-19(18)15-22/h2-16H,17H2,1H3,(H,27,28,29). The number of methoxy groups -OCH3 is 1. The molecule has 0 aliphatic rings. The van der Waals surface area contributed by atoms with Gasteiger partial charge in [-0.3, -0.25) is 4.98 Å². The summed E-state index contributed by atoms with van der Waals surface area (Å²) in [4.78, 5) is 8.70. The molecule has 3 aromatic carbocycles. The van der Waals surface area contributed by atoms with Gasteiger partial charge in [0.1, 0.15) is 5.75 Å². The van der Waals surface area contributed by atoms with Crippen LogP contribution in [0.5, 0.6) is 5.75 Å². The number of fused-ring (bicyclic) bond motifs is 1. The maximum absolute atomic E-state index is 13.7. The van der Waals surface area contributed by atoms with Crippen LogP contribution in [-0.4, -0.2) is 34.7 Å². The third-order valence-corrected chi connectivity index (χ3v) is 6.93. The Morgan fingerprint density at radius 2 is 1.74 bits per heavy atom. The van der Waals surface area contributed by atoms with Crippen molar-refractivity contribution in [1.29, 1.82) is 0 Å². The Labute approximate surface area is 196 Å². The molecule has 0 unspecified atom stereocenters. The van der Waals surface area contributed by atoms with Crippen molar-refractivity contribution in [3.63, 3.8) is 0 Å².